The fourth-order valence-electron chi connectivity index (χ4n) is 5.42. The Morgan fingerprint density at radius 3 is 2.39 bits per heavy atom. The highest BCUT2D eigenvalue weighted by Crippen LogP contribution is 2.41. The van der Waals surface area contributed by atoms with Gasteiger partial charge in [-0.15, -0.1) is 0 Å². The quantitative estimate of drug-likeness (QED) is 0.457. The number of methoxy groups -OCH3 is 1. The minimum absolute atomic E-state index is 0.0483. The molecule has 0 N–H and O–H groups in total. The van der Waals surface area contributed by atoms with Gasteiger partial charge in [0.25, 0.3) is 5.91 Å². The molecular weight excluding hydrogens is 454 g/mol. The number of rotatable bonds is 7. The molecular formula is C29H33N3O4. The van der Waals surface area contributed by atoms with E-state index in [1.54, 1.807) is 13.2 Å². The van der Waals surface area contributed by atoms with Crippen LogP contribution >= 0.6 is 0 Å². The van der Waals surface area contributed by atoms with Crippen molar-refractivity contribution in [1.82, 2.24) is 14.8 Å². The Labute approximate surface area is 212 Å². The molecule has 3 aromatic rings. The molecule has 0 bridgehead atoms. The molecule has 2 aliphatic heterocycles. The van der Waals surface area contributed by atoms with Crippen LogP contribution in [0.4, 0.5) is 0 Å². The number of piperidine rings is 1. The second kappa shape index (κ2) is 10.6. The number of amides is 2. The molecule has 7 nitrogen and oxygen atoms in total. The van der Waals surface area contributed by atoms with Crippen LogP contribution in [0.2, 0.25) is 0 Å². The van der Waals surface area contributed by atoms with E-state index in [4.69, 9.17) is 9.47 Å². The summed E-state index contributed by atoms with van der Waals surface area (Å²) in [6.45, 7) is 3.49. The molecule has 36 heavy (non-hydrogen) atoms. The second-order valence-electron chi connectivity index (χ2n) is 9.85. The number of likely N-dealkylation sites (tertiary alicyclic amines) is 2. The van der Waals surface area contributed by atoms with Crippen LogP contribution in [0.25, 0.3) is 10.9 Å². The van der Waals surface area contributed by atoms with Crippen LogP contribution in [0.5, 0.6) is 11.5 Å². The van der Waals surface area contributed by atoms with E-state index in [-0.39, 0.29) is 17.2 Å². The van der Waals surface area contributed by atoms with E-state index in [1.807, 2.05) is 64.4 Å². The average Bonchev–Trinajstić information content (AvgIpc) is 3.34. The Bertz CT molecular complexity index is 1220. The Morgan fingerprint density at radius 2 is 1.64 bits per heavy atom. The summed E-state index contributed by atoms with van der Waals surface area (Å²) < 4.78 is 11.2. The van der Waals surface area contributed by atoms with Crippen molar-refractivity contribution in [3.05, 3.63) is 66.4 Å². The summed E-state index contributed by atoms with van der Waals surface area (Å²) in [6, 6.07) is 19.1. The zero-order valence-corrected chi connectivity index (χ0v) is 20.8. The van der Waals surface area contributed by atoms with Gasteiger partial charge in [0.1, 0.15) is 17.2 Å². The highest BCUT2D eigenvalue weighted by molar-refractivity contribution is 5.97. The molecule has 0 saturated carbocycles. The minimum atomic E-state index is -0.0483. The average molecular weight is 488 g/mol. The maximum atomic E-state index is 13.3. The molecule has 0 aliphatic carbocycles. The summed E-state index contributed by atoms with van der Waals surface area (Å²) >= 11 is 0. The van der Waals surface area contributed by atoms with Gasteiger partial charge in [-0.25, -0.2) is 4.98 Å². The molecule has 0 radical (unpaired) electrons. The fourth-order valence-corrected chi connectivity index (χ4v) is 5.42. The number of fused-ring (bicyclic) bond motifs is 1. The predicted molar refractivity (Wildman–Crippen MR) is 138 cm³/mol. The molecule has 2 saturated heterocycles. The van der Waals surface area contributed by atoms with E-state index in [9.17, 15) is 9.59 Å². The zero-order valence-electron chi connectivity index (χ0n) is 20.8. The third-order valence-electron chi connectivity index (χ3n) is 7.57. The van der Waals surface area contributed by atoms with E-state index in [0.717, 1.165) is 62.1 Å². The number of para-hydroxylation sites is 2. The molecule has 0 unspecified atom stereocenters. The Kier molecular flexibility index (Phi) is 7.07. The first kappa shape index (κ1) is 24.1. The molecule has 2 aliphatic rings. The summed E-state index contributed by atoms with van der Waals surface area (Å²) in [6.07, 6.45) is 4.03. The van der Waals surface area contributed by atoms with E-state index in [1.165, 1.54) is 0 Å². The van der Waals surface area contributed by atoms with E-state index in [2.05, 4.69) is 4.98 Å². The van der Waals surface area contributed by atoms with Crippen molar-refractivity contribution in [3.63, 3.8) is 0 Å². The number of carbonyl (C=O) groups excluding carboxylic acids is 2. The first-order valence-corrected chi connectivity index (χ1v) is 12.8. The van der Waals surface area contributed by atoms with Crippen molar-refractivity contribution in [2.75, 3.05) is 39.9 Å². The lowest BCUT2D eigenvalue weighted by atomic mass is 9.77. The molecule has 3 heterocycles. The third kappa shape index (κ3) is 5.15. The maximum Gasteiger partial charge on any atom is 0.272 e. The topological polar surface area (TPSA) is 72.0 Å². The molecule has 7 heteroatoms. The zero-order chi connectivity index (χ0) is 25.0. The largest absolute Gasteiger partial charge is 0.496 e. The summed E-state index contributed by atoms with van der Waals surface area (Å²) in [7, 11) is 1.62. The minimum Gasteiger partial charge on any atom is -0.496 e. The predicted octanol–water partition coefficient (Wildman–Crippen LogP) is 4.56. The molecule has 1 aromatic heterocycles. The second-order valence-corrected chi connectivity index (χ2v) is 9.85. The van der Waals surface area contributed by atoms with Crippen molar-refractivity contribution in [2.45, 2.75) is 32.1 Å². The molecule has 5 rings (SSSR count). The highest BCUT2D eigenvalue weighted by Gasteiger charge is 2.43. The number of hydrogen-bond acceptors (Lipinski definition) is 5. The van der Waals surface area contributed by atoms with Gasteiger partial charge in [0.05, 0.1) is 19.2 Å². The Hall–Kier alpha value is -3.61. The van der Waals surface area contributed by atoms with Crippen molar-refractivity contribution >= 4 is 22.7 Å². The van der Waals surface area contributed by atoms with Crippen LogP contribution < -0.4 is 9.47 Å². The SMILES string of the molecule is COc1cc(C(=O)N2CCC3(CCN(C(=O)CCCOc4ccccc4)CC3)C2)nc2ccccc12. The number of benzene rings is 2. The summed E-state index contributed by atoms with van der Waals surface area (Å²) in [5.74, 6) is 1.65. The number of ether oxygens (including phenoxy) is 2. The Balaban J connectivity index is 1.12. The lowest BCUT2D eigenvalue weighted by Gasteiger charge is -2.39. The van der Waals surface area contributed by atoms with Crippen molar-refractivity contribution < 1.29 is 19.1 Å². The van der Waals surface area contributed by atoms with Crippen molar-refractivity contribution in [3.8, 4) is 11.5 Å². The molecule has 0 atom stereocenters. The lowest BCUT2D eigenvalue weighted by molar-refractivity contribution is -0.133. The van der Waals surface area contributed by atoms with E-state index >= 15 is 0 Å². The van der Waals surface area contributed by atoms with Crippen LogP contribution in [0.1, 0.15) is 42.6 Å². The first-order valence-electron chi connectivity index (χ1n) is 12.8. The monoisotopic (exact) mass is 487 g/mol. The van der Waals surface area contributed by atoms with Crippen LogP contribution in [-0.4, -0.2) is 66.5 Å². The van der Waals surface area contributed by atoms with Gasteiger partial charge in [-0.05, 0) is 55.4 Å². The summed E-state index contributed by atoms with van der Waals surface area (Å²) in [4.78, 5) is 34.6. The number of nitrogens with zero attached hydrogens (tertiary/aromatic N) is 3. The highest BCUT2D eigenvalue weighted by atomic mass is 16.5. The Morgan fingerprint density at radius 1 is 0.944 bits per heavy atom. The molecule has 1 spiro atoms. The fraction of sp³-hybridized carbons (Fsp3) is 0.414. The van der Waals surface area contributed by atoms with Crippen molar-refractivity contribution in [1.29, 1.82) is 0 Å². The van der Waals surface area contributed by atoms with E-state index in [0.29, 0.717) is 30.9 Å². The number of pyridine rings is 1. The molecule has 2 amide bonds. The molecule has 2 fully saturated rings. The van der Waals surface area contributed by atoms with Crippen LogP contribution in [0.3, 0.4) is 0 Å². The van der Waals surface area contributed by atoms with Gasteiger partial charge in [-0.3, -0.25) is 9.59 Å². The standard InChI is InChI=1S/C29H33N3O4/c1-35-26-20-25(30-24-11-6-5-10-23(24)26)28(34)32-18-15-29(21-32)13-16-31(17-14-29)27(33)12-7-19-36-22-8-3-2-4-9-22/h2-6,8-11,20H,7,12-19,21H2,1H3. The van der Waals surface area contributed by atoms with Gasteiger partial charge in [0.15, 0.2) is 0 Å². The molecule has 188 valence electrons. The van der Waals surface area contributed by atoms with Crippen molar-refractivity contribution in [2.24, 2.45) is 5.41 Å². The van der Waals surface area contributed by atoms with Gasteiger partial charge in [-0.1, -0.05) is 30.3 Å². The summed E-state index contributed by atoms with van der Waals surface area (Å²) in [5.41, 5.74) is 1.27. The van der Waals surface area contributed by atoms with E-state index < -0.39 is 0 Å². The summed E-state index contributed by atoms with van der Waals surface area (Å²) in [5, 5.41) is 0.901. The van der Waals surface area contributed by atoms with Crippen LogP contribution in [-0.2, 0) is 4.79 Å². The van der Waals surface area contributed by atoms with Gasteiger partial charge in [-0.2, -0.15) is 0 Å². The van der Waals surface area contributed by atoms with Gasteiger partial charge in [0, 0.05) is 44.1 Å². The van der Waals surface area contributed by atoms with Gasteiger partial charge in [0.2, 0.25) is 5.91 Å². The third-order valence-corrected chi connectivity index (χ3v) is 7.57. The molecule has 2 aromatic carbocycles. The number of aromatic nitrogens is 1. The number of hydrogen-bond donors (Lipinski definition) is 0. The first-order chi connectivity index (χ1) is 17.6. The maximum absolute atomic E-state index is 13.3. The van der Waals surface area contributed by atoms with Gasteiger partial charge >= 0.3 is 0 Å². The smallest absolute Gasteiger partial charge is 0.272 e. The van der Waals surface area contributed by atoms with Crippen LogP contribution in [0, 0.1) is 5.41 Å². The van der Waals surface area contributed by atoms with Crippen LogP contribution in [0.15, 0.2) is 60.7 Å². The normalized spacial score (nSPS) is 16.9. The van der Waals surface area contributed by atoms with Gasteiger partial charge < -0.3 is 19.3 Å². The number of carbonyl (C=O) groups is 2. The lowest BCUT2D eigenvalue weighted by Crippen LogP contribution is -2.44.